The normalized spacial score (nSPS) is 10.6. The number of anilines is 1. The summed E-state index contributed by atoms with van der Waals surface area (Å²) >= 11 is 1.44. The van der Waals surface area contributed by atoms with Crippen molar-refractivity contribution in [3.63, 3.8) is 0 Å². The molecule has 3 N–H and O–H groups in total. The molecule has 0 unspecified atom stereocenters. The van der Waals surface area contributed by atoms with E-state index in [-0.39, 0.29) is 0 Å². The van der Waals surface area contributed by atoms with Crippen molar-refractivity contribution in [1.82, 2.24) is 24.7 Å². The molecule has 7 nitrogen and oxygen atoms in total. The van der Waals surface area contributed by atoms with Crippen molar-refractivity contribution in [2.24, 2.45) is 5.84 Å². The Morgan fingerprint density at radius 3 is 2.59 bits per heavy atom. The first-order valence-electron chi connectivity index (χ1n) is 4.94. The molecule has 90 valence electrons. The zero-order chi connectivity index (χ0) is 12.4. The standard InChI is InChI=1S/C9H13N7S/c1-5-11-6(2)16(15-5)8-4-7(14-10)12-9(13-8)17-3/h4H,10H2,1-3H3,(H,12,13,14). The van der Waals surface area contributed by atoms with E-state index in [1.54, 1.807) is 10.7 Å². The van der Waals surface area contributed by atoms with Gasteiger partial charge in [0, 0.05) is 6.07 Å². The molecule has 0 saturated heterocycles. The largest absolute Gasteiger partial charge is 0.308 e. The van der Waals surface area contributed by atoms with Gasteiger partial charge in [0.1, 0.15) is 17.5 Å². The molecule has 2 aromatic rings. The number of hydrogen-bond acceptors (Lipinski definition) is 7. The van der Waals surface area contributed by atoms with Gasteiger partial charge >= 0.3 is 0 Å². The average molecular weight is 251 g/mol. The van der Waals surface area contributed by atoms with E-state index in [1.807, 2.05) is 20.1 Å². The third-order valence-corrected chi connectivity index (χ3v) is 2.66. The van der Waals surface area contributed by atoms with E-state index in [0.29, 0.717) is 22.6 Å². The fourth-order valence-corrected chi connectivity index (χ4v) is 1.80. The van der Waals surface area contributed by atoms with E-state index in [1.165, 1.54) is 11.8 Å². The van der Waals surface area contributed by atoms with Crippen LogP contribution in [-0.4, -0.2) is 31.0 Å². The van der Waals surface area contributed by atoms with Gasteiger partial charge in [0.2, 0.25) is 0 Å². The fourth-order valence-electron chi connectivity index (χ4n) is 1.42. The lowest BCUT2D eigenvalue weighted by Crippen LogP contribution is -2.12. The minimum absolute atomic E-state index is 0.548. The lowest BCUT2D eigenvalue weighted by molar-refractivity contribution is 0.776. The van der Waals surface area contributed by atoms with E-state index in [4.69, 9.17) is 5.84 Å². The highest BCUT2D eigenvalue weighted by molar-refractivity contribution is 7.98. The van der Waals surface area contributed by atoms with E-state index in [2.05, 4.69) is 25.5 Å². The molecular weight excluding hydrogens is 238 g/mol. The number of aryl methyl sites for hydroxylation is 2. The zero-order valence-electron chi connectivity index (χ0n) is 9.80. The Morgan fingerprint density at radius 1 is 1.29 bits per heavy atom. The molecule has 2 aromatic heterocycles. The number of aromatic nitrogens is 5. The molecule has 0 aromatic carbocycles. The molecule has 0 radical (unpaired) electrons. The van der Waals surface area contributed by atoms with Crippen LogP contribution in [0.2, 0.25) is 0 Å². The second kappa shape index (κ2) is 4.68. The zero-order valence-corrected chi connectivity index (χ0v) is 10.6. The van der Waals surface area contributed by atoms with Crippen molar-refractivity contribution in [1.29, 1.82) is 0 Å². The molecular formula is C9H13N7S. The van der Waals surface area contributed by atoms with Gasteiger partial charge < -0.3 is 5.43 Å². The first-order chi connectivity index (χ1) is 8.13. The molecule has 8 heteroatoms. The molecule has 0 aliphatic carbocycles. The van der Waals surface area contributed by atoms with E-state index < -0.39 is 0 Å². The van der Waals surface area contributed by atoms with Gasteiger partial charge in [0.15, 0.2) is 11.0 Å². The number of nitrogens with one attached hydrogen (secondary N) is 1. The van der Waals surface area contributed by atoms with Crippen LogP contribution in [0.3, 0.4) is 0 Å². The Hall–Kier alpha value is -1.67. The lowest BCUT2D eigenvalue weighted by Gasteiger charge is -2.06. The molecule has 2 heterocycles. The lowest BCUT2D eigenvalue weighted by atomic mass is 10.5. The maximum absolute atomic E-state index is 5.37. The van der Waals surface area contributed by atoms with Crippen LogP contribution in [-0.2, 0) is 0 Å². The van der Waals surface area contributed by atoms with Gasteiger partial charge in [0.05, 0.1) is 0 Å². The van der Waals surface area contributed by atoms with Crippen molar-refractivity contribution in [2.75, 3.05) is 11.7 Å². The second-order valence-electron chi connectivity index (χ2n) is 3.36. The number of hydrazine groups is 1. The monoisotopic (exact) mass is 251 g/mol. The summed E-state index contributed by atoms with van der Waals surface area (Å²) in [4.78, 5) is 12.8. The smallest absolute Gasteiger partial charge is 0.191 e. The van der Waals surface area contributed by atoms with E-state index >= 15 is 0 Å². The van der Waals surface area contributed by atoms with Crippen LogP contribution in [0.5, 0.6) is 0 Å². The van der Waals surface area contributed by atoms with Crippen LogP contribution in [0.1, 0.15) is 11.6 Å². The summed E-state index contributed by atoms with van der Waals surface area (Å²) in [6.07, 6.45) is 1.90. The highest BCUT2D eigenvalue weighted by atomic mass is 32.2. The number of thioether (sulfide) groups is 1. The number of rotatable bonds is 3. The van der Waals surface area contributed by atoms with Crippen LogP contribution >= 0.6 is 11.8 Å². The Kier molecular flexibility index (Phi) is 3.25. The first kappa shape index (κ1) is 11.8. The molecule has 0 spiro atoms. The van der Waals surface area contributed by atoms with Gasteiger partial charge in [-0.2, -0.15) is 4.68 Å². The summed E-state index contributed by atoms with van der Waals surface area (Å²) in [6.45, 7) is 3.71. The van der Waals surface area contributed by atoms with Gasteiger partial charge in [-0.3, -0.25) is 0 Å². The van der Waals surface area contributed by atoms with Crippen LogP contribution in [0.25, 0.3) is 5.82 Å². The van der Waals surface area contributed by atoms with Gasteiger partial charge in [-0.1, -0.05) is 11.8 Å². The maximum atomic E-state index is 5.37. The average Bonchev–Trinajstić information content (AvgIpc) is 2.67. The minimum Gasteiger partial charge on any atom is -0.308 e. The van der Waals surface area contributed by atoms with Crippen LogP contribution in [0.15, 0.2) is 11.2 Å². The molecule has 0 atom stereocenters. The maximum Gasteiger partial charge on any atom is 0.191 e. The van der Waals surface area contributed by atoms with E-state index in [9.17, 15) is 0 Å². The molecule has 2 rings (SSSR count). The van der Waals surface area contributed by atoms with Crippen LogP contribution in [0.4, 0.5) is 5.82 Å². The van der Waals surface area contributed by atoms with Crippen molar-refractivity contribution in [3.8, 4) is 5.82 Å². The SMILES string of the molecule is CSc1nc(NN)cc(-n2nc(C)nc2C)n1. The Morgan fingerprint density at radius 2 is 2.06 bits per heavy atom. The summed E-state index contributed by atoms with van der Waals surface area (Å²) in [5.41, 5.74) is 2.51. The Balaban J connectivity index is 2.54. The number of nitrogens with two attached hydrogens (primary N) is 1. The Labute approximate surface area is 103 Å². The van der Waals surface area contributed by atoms with Crippen molar-refractivity contribution < 1.29 is 0 Å². The predicted octanol–water partition coefficient (Wildman–Crippen LogP) is 0.682. The van der Waals surface area contributed by atoms with Gasteiger partial charge in [0.25, 0.3) is 0 Å². The summed E-state index contributed by atoms with van der Waals surface area (Å²) in [6, 6.07) is 1.72. The quantitative estimate of drug-likeness (QED) is 0.358. The van der Waals surface area contributed by atoms with Crippen molar-refractivity contribution in [3.05, 3.63) is 17.7 Å². The highest BCUT2D eigenvalue weighted by Crippen LogP contribution is 2.16. The third kappa shape index (κ3) is 2.37. The fraction of sp³-hybridized carbons (Fsp3) is 0.333. The molecule has 17 heavy (non-hydrogen) atoms. The molecule has 0 amide bonds. The van der Waals surface area contributed by atoms with Gasteiger partial charge in [-0.05, 0) is 20.1 Å². The second-order valence-corrected chi connectivity index (χ2v) is 4.13. The molecule has 0 saturated carbocycles. The van der Waals surface area contributed by atoms with E-state index in [0.717, 1.165) is 5.82 Å². The van der Waals surface area contributed by atoms with Crippen molar-refractivity contribution >= 4 is 17.6 Å². The van der Waals surface area contributed by atoms with Crippen LogP contribution < -0.4 is 11.3 Å². The number of nitrogens with zero attached hydrogens (tertiary/aromatic N) is 5. The first-order valence-corrected chi connectivity index (χ1v) is 6.17. The molecule has 0 fully saturated rings. The third-order valence-electron chi connectivity index (χ3n) is 2.11. The summed E-state index contributed by atoms with van der Waals surface area (Å²) in [7, 11) is 0. The molecule has 0 aliphatic rings. The Bertz CT molecular complexity index is 514. The molecule has 0 bridgehead atoms. The molecule has 0 aliphatic heterocycles. The number of hydrogen-bond donors (Lipinski definition) is 2. The predicted molar refractivity (Wildman–Crippen MR) is 66.0 cm³/mol. The van der Waals surface area contributed by atoms with Crippen LogP contribution in [0, 0.1) is 13.8 Å². The minimum atomic E-state index is 0.548. The van der Waals surface area contributed by atoms with Crippen molar-refractivity contribution in [2.45, 2.75) is 19.0 Å². The summed E-state index contributed by atoms with van der Waals surface area (Å²) in [5.74, 6) is 8.04. The highest BCUT2D eigenvalue weighted by Gasteiger charge is 2.09. The number of nitrogen functional groups attached to an aromatic ring is 1. The topological polar surface area (TPSA) is 94.5 Å². The summed E-state index contributed by atoms with van der Waals surface area (Å²) in [5, 5.41) is 4.90. The summed E-state index contributed by atoms with van der Waals surface area (Å²) < 4.78 is 1.66. The van der Waals surface area contributed by atoms with Gasteiger partial charge in [-0.15, -0.1) is 5.10 Å². The van der Waals surface area contributed by atoms with Gasteiger partial charge in [-0.25, -0.2) is 20.8 Å².